The molecular formula is C26H33N7O2. The highest BCUT2D eigenvalue weighted by molar-refractivity contribution is 5.75. The lowest BCUT2D eigenvalue weighted by atomic mass is 9.66. The third-order valence-corrected chi connectivity index (χ3v) is 7.57. The molecular weight excluding hydrogens is 442 g/mol. The molecule has 5 rings (SSSR count). The van der Waals surface area contributed by atoms with Crippen LogP contribution in [0.25, 0.3) is 0 Å². The number of rotatable bonds is 3. The molecule has 1 saturated carbocycles. The number of nitriles is 1. The fourth-order valence-electron chi connectivity index (χ4n) is 5.62. The number of pyridine rings is 1. The van der Waals surface area contributed by atoms with E-state index in [1.54, 1.807) is 23.5 Å². The quantitative estimate of drug-likeness (QED) is 0.653. The number of carbonyl (C=O) groups excluding carboxylic acids is 1. The van der Waals surface area contributed by atoms with Gasteiger partial charge in [-0.25, -0.2) is 19.7 Å². The molecule has 1 spiro atoms. The van der Waals surface area contributed by atoms with Crippen LogP contribution in [0.5, 0.6) is 0 Å². The average molecular weight is 476 g/mol. The molecule has 0 bridgehead atoms. The normalized spacial score (nSPS) is 22.5. The SMILES string of the molecule is C[C@H]1C[C@H](N(C)C(=O)OC(C)(C)C)CN1c1ncnc2c1C1(CCC1)CN2c1cc(C#N)ccn1. The largest absolute Gasteiger partial charge is 0.444 e. The average Bonchev–Trinajstić information content (AvgIpc) is 3.36. The van der Waals surface area contributed by atoms with Crippen molar-refractivity contribution in [3.05, 3.63) is 35.8 Å². The van der Waals surface area contributed by atoms with Gasteiger partial charge in [-0.05, 0) is 59.1 Å². The molecule has 184 valence electrons. The number of nitrogens with zero attached hydrogens (tertiary/aromatic N) is 7. The van der Waals surface area contributed by atoms with Crippen molar-refractivity contribution in [3.63, 3.8) is 0 Å². The Morgan fingerprint density at radius 1 is 1.26 bits per heavy atom. The Morgan fingerprint density at radius 2 is 2.00 bits per heavy atom. The molecule has 2 atom stereocenters. The number of amides is 1. The zero-order valence-corrected chi connectivity index (χ0v) is 21.2. The van der Waals surface area contributed by atoms with Crippen LogP contribution in [0.3, 0.4) is 0 Å². The van der Waals surface area contributed by atoms with Crippen LogP contribution >= 0.6 is 0 Å². The zero-order chi connectivity index (χ0) is 25.0. The van der Waals surface area contributed by atoms with Gasteiger partial charge >= 0.3 is 6.09 Å². The summed E-state index contributed by atoms with van der Waals surface area (Å²) in [5.41, 5.74) is 1.23. The molecule has 0 unspecified atom stereocenters. The number of fused-ring (bicyclic) bond motifs is 2. The summed E-state index contributed by atoms with van der Waals surface area (Å²) < 4.78 is 5.61. The number of hydrogen-bond donors (Lipinski definition) is 0. The van der Waals surface area contributed by atoms with E-state index in [0.717, 1.165) is 43.3 Å². The van der Waals surface area contributed by atoms with Crippen LogP contribution in [0, 0.1) is 11.3 Å². The van der Waals surface area contributed by atoms with Crippen LogP contribution in [-0.2, 0) is 10.2 Å². The maximum atomic E-state index is 12.7. The standard InChI is InChI=1S/C26H33N7O2/c1-17-11-19(31(5)24(34)35-25(2,3)4)14-32(17)22-21-23(30-16-29-22)33(15-26(21)8-6-9-26)20-12-18(13-27)7-10-28-20/h7,10,12,16-17,19H,6,8-9,11,14-15H2,1-5H3/t17-,19-/m0/s1. The summed E-state index contributed by atoms with van der Waals surface area (Å²) in [6, 6.07) is 6.02. The van der Waals surface area contributed by atoms with Gasteiger partial charge in [0.15, 0.2) is 0 Å². The van der Waals surface area contributed by atoms with Crippen molar-refractivity contribution in [2.45, 2.75) is 76.5 Å². The summed E-state index contributed by atoms with van der Waals surface area (Å²) in [5.74, 6) is 2.59. The maximum Gasteiger partial charge on any atom is 0.410 e. The van der Waals surface area contributed by atoms with Gasteiger partial charge in [-0.15, -0.1) is 0 Å². The van der Waals surface area contributed by atoms with Gasteiger partial charge in [-0.3, -0.25) is 0 Å². The van der Waals surface area contributed by atoms with E-state index in [4.69, 9.17) is 14.7 Å². The monoisotopic (exact) mass is 475 g/mol. The van der Waals surface area contributed by atoms with Crippen molar-refractivity contribution >= 4 is 23.5 Å². The first-order valence-corrected chi connectivity index (χ1v) is 12.3. The Labute approximate surface area is 206 Å². The molecule has 35 heavy (non-hydrogen) atoms. The molecule has 2 fully saturated rings. The van der Waals surface area contributed by atoms with Crippen molar-refractivity contribution in [2.24, 2.45) is 0 Å². The number of carbonyl (C=O) groups is 1. The molecule has 4 heterocycles. The van der Waals surface area contributed by atoms with E-state index < -0.39 is 5.60 Å². The molecule has 2 aliphatic heterocycles. The second-order valence-corrected chi connectivity index (χ2v) is 11.1. The Hall–Kier alpha value is -3.41. The first-order valence-electron chi connectivity index (χ1n) is 12.3. The Kier molecular flexibility index (Phi) is 5.58. The minimum absolute atomic E-state index is 0.00880. The highest BCUT2D eigenvalue weighted by atomic mass is 16.6. The molecule has 0 aromatic carbocycles. The third-order valence-electron chi connectivity index (χ3n) is 7.57. The third kappa shape index (κ3) is 4.05. The highest BCUT2D eigenvalue weighted by Gasteiger charge is 2.52. The Bertz CT molecular complexity index is 1180. The van der Waals surface area contributed by atoms with Gasteiger partial charge in [0.05, 0.1) is 17.7 Å². The van der Waals surface area contributed by atoms with E-state index in [2.05, 4.69) is 27.8 Å². The number of ether oxygens (including phenoxy) is 1. The van der Waals surface area contributed by atoms with Gasteiger partial charge < -0.3 is 19.4 Å². The Balaban J connectivity index is 1.47. The van der Waals surface area contributed by atoms with Crippen molar-refractivity contribution in [1.29, 1.82) is 5.26 Å². The van der Waals surface area contributed by atoms with Crippen molar-refractivity contribution in [1.82, 2.24) is 19.9 Å². The van der Waals surface area contributed by atoms with Gasteiger partial charge in [0, 0.05) is 43.4 Å². The van der Waals surface area contributed by atoms with Gasteiger partial charge in [-0.2, -0.15) is 5.26 Å². The van der Waals surface area contributed by atoms with Gasteiger partial charge in [-0.1, -0.05) is 6.42 Å². The topological polar surface area (TPSA) is 98.5 Å². The second-order valence-electron chi connectivity index (χ2n) is 11.1. The van der Waals surface area contributed by atoms with E-state index in [1.807, 2.05) is 33.9 Å². The van der Waals surface area contributed by atoms with Crippen LogP contribution in [0.2, 0.25) is 0 Å². The van der Waals surface area contributed by atoms with Crippen molar-refractivity contribution in [3.8, 4) is 6.07 Å². The summed E-state index contributed by atoms with van der Waals surface area (Å²) in [7, 11) is 1.82. The van der Waals surface area contributed by atoms with E-state index >= 15 is 0 Å². The predicted molar refractivity (Wildman–Crippen MR) is 133 cm³/mol. The second kappa shape index (κ2) is 8.36. The smallest absolute Gasteiger partial charge is 0.410 e. The molecule has 2 aromatic rings. The number of hydrogen-bond acceptors (Lipinski definition) is 8. The fourth-order valence-corrected chi connectivity index (χ4v) is 5.62. The lowest BCUT2D eigenvalue weighted by Crippen LogP contribution is -2.43. The van der Waals surface area contributed by atoms with E-state index in [1.165, 1.54) is 12.0 Å². The van der Waals surface area contributed by atoms with Gasteiger partial charge in [0.1, 0.15) is 29.4 Å². The summed E-state index contributed by atoms with van der Waals surface area (Å²) in [6.45, 7) is 9.33. The van der Waals surface area contributed by atoms with Crippen LogP contribution < -0.4 is 9.80 Å². The summed E-state index contributed by atoms with van der Waals surface area (Å²) >= 11 is 0. The predicted octanol–water partition coefficient (Wildman–Crippen LogP) is 4.15. The summed E-state index contributed by atoms with van der Waals surface area (Å²) in [5, 5.41) is 9.38. The minimum Gasteiger partial charge on any atom is -0.444 e. The number of likely N-dealkylation sites (N-methyl/N-ethyl adjacent to an activating group) is 1. The zero-order valence-electron chi connectivity index (χ0n) is 21.2. The number of anilines is 3. The van der Waals surface area contributed by atoms with E-state index in [0.29, 0.717) is 12.1 Å². The van der Waals surface area contributed by atoms with E-state index in [-0.39, 0.29) is 23.6 Å². The minimum atomic E-state index is -0.528. The fraction of sp³-hybridized carbons (Fsp3) is 0.577. The summed E-state index contributed by atoms with van der Waals surface area (Å²) in [6.07, 6.45) is 7.20. The molecule has 2 aromatic heterocycles. The van der Waals surface area contributed by atoms with Gasteiger partial charge in [0.25, 0.3) is 0 Å². The Morgan fingerprint density at radius 3 is 2.66 bits per heavy atom. The number of aromatic nitrogens is 3. The van der Waals surface area contributed by atoms with Crippen molar-refractivity contribution < 1.29 is 9.53 Å². The first-order chi connectivity index (χ1) is 16.6. The van der Waals surface area contributed by atoms with E-state index in [9.17, 15) is 10.1 Å². The lowest BCUT2D eigenvalue weighted by Gasteiger charge is -2.40. The van der Waals surface area contributed by atoms with Crippen LogP contribution in [0.4, 0.5) is 22.2 Å². The molecule has 1 amide bonds. The van der Waals surface area contributed by atoms with Crippen LogP contribution in [0.1, 0.15) is 64.5 Å². The van der Waals surface area contributed by atoms with Crippen LogP contribution in [0.15, 0.2) is 24.7 Å². The molecule has 0 radical (unpaired) electrons. The molecule has 0 N–H and O–H groups in total. The van der Waals surface area contributed by atoms with Crippen LogP contribution in [-0.4, -0.2) is 63.8 Å². The highest BCUT2D eigenvalue weighted by Crippen LogP contribution is 2.56. The lowest BCUT2D eigenvalue weighted by molar-refractivity contribution is 0.0236. The molecule has 9 heteroatoms. The van der Waals surface area contributed by atoms with Gasteiger partial charge in [0.2, 0.25) is 0 Å². The summed E-state index contributed by atoms with van der Waals surface area (Å²) in [4.78, 5) is 33.0. The van der Waals surface area contributed by atoms with Crippen molar-refractivity contribution in [2.75, 3.05) is 29.9 Å². The molecule has 3 aliphatic rings. The molecule has 9 nitrogen and oxygen atoms in total. The molecule has 1 saturated heterocycles. The maximum absolute atomic E-state index is 12.7. The molecule has 1 aliphatic carbocycles. The first kappa shape index (κ1) is 23.3.